The summed E-state index contributed by atoms with van der Waals surface area (Å²) in [7, 11) is 0. The molecule has 1 aromatic heterocycles. The fourth-order valence-electron chi connectivity index (χ4n) is 2.73. The Bertz CT molecular complexity index is 952. The maximum Gasteiger partial charge on any atom is 0.338 e. The van der Waals surface area contributed by atoms with Gasteiger partial charge in [0, 0.05) is 11.4 Å². The van der Waals surface area contributed by atoms with E-state index in [1.54, 1.807) is 0 Å². The van der Waals surface area contributed by atoms with Crippen LogP contribution in [0.1, 0.15) is 42.9 Å². The number of hydrogen-bond donors (Lipinski definition) is 1. The molecule has 2 aromatic rings. The van der Waals surface area contributed by atoms with Gasteiger partial charge in [0.05, 0.1) is 23.2 Å². The quantitative estimate of drug-likeness (QED) is 0.439. The van der Waals surface area contributed by atoms with E-state index in [-0.39, 0.29) is 23.2 Å². The van der Waals surface area contributed by atoms with Crippen molar-refractivity contribution in [2.24, 2.45) is 0 Å². The Morgan fingerprint density at radius 2 is 2.00 bits per heavy atom. The van der Waals surface area contributed by atoms with Crippen LogP contribution in [0.15, 0.2) is 48.4 Å². The van der Waals surface area contributed by atoms with E-state index in [2.05, 4.69) is 11.9 Å². The summed E-state index contributed by atoms with van der Waals surface area (Å²) in [5.41, 5.74) is 0.458. The highest BCUT2D eigenvalue weighted by Crippen LogP contribution is 2.24. The van der Waals surface area contributed by atoms with Gasteiger partial charge >= 0.3 is 5.97 Å². The molecule has 0 radical (unpaired) electrons. The average Bonchev–Trinajstić information content (AvgIpc) is 3.29. The van der Waals surface area contributed by atoms with Gasteiger partial charge in [0.1, 0.15) is 0 Å². The lowest BCUT2D eigenvalue weighted by Gasteiger charge is -2.13. The number of esters is 1. The van der Waals surface area contributed by atoms with Crippen molar-refractivity contribution in [2.45, 2.75) is 19.6 Å². The zero-order valence-electron chi connectivity index (χ0n) is 15.1. The van der Waals surface area contributed by atoms with Gasteiger partial charge in [-0.3, -0.25) is 19.3 Å². The number of fused-ring (bicyclic) bond motifs is 1. The molecule has 0 fully saturated rings. The number of nitrogens with zero attached hydrogens (tertiary/aromatic N) is 1. The average molecular weight is 398 g/mol. The normalized spacial score (nSPS) is 13.8. The van der Waals surface area contributed by atoms with E-state index in [1.165, 1.54) is 42.5 Å². The summed E-state index contributed by atoms with van der Waals surface area (Å²) >= 11 is 1.51. The molecule has 1 aliphatic heterocycles. The van der Waals surface area contributed by atoms with E-state index < -0.39 is 29.8 Å². The van der Waals surface area contributed by atoms with E-state index in [1.807, 2.05) is 17.5 Å². The third-order valence-corrected chi connectivity index (χ3v) is 5.06. The van der Waals surface area contributed by atoms with Crippen molar-refractivity contribution in [3.63, 3.8) is 0 Å². The summed E-state index contributed by atoms with van der Waals surface area (Å²) in [6, 6.07) is 7.90. The summed E-state index contributed by atoms with van der Waals surface area (Å²) in [6.45, 7) is 5.44. The zero-order valence-corrected chi connectivity index (χ0v) is 16.0. The molecule has 1 aliphatic rings. The predicted octanol–water partition coefficient (Wildman–Crippen LogP) is 2.39. The monoisotopic (exact) mass is 398 g/mol. The zero-order chi connectivity index (χ0) is 20.3. The lowest BCUT2D eigenvalue weighted by Crippen LogP contribution is -2.35. The molecule has 2 heterocycles. The molecule has 0 bridgehead atoms. The van der Waals surface area contributed by atoms with E-state index >= 15 is 0 Å². The van der Waals surface area contributed by atoms with Crippen LogP contribution in [-0.2, 0) is 16.1 Å². The SMILES string of the molecule is C=CCN1C(=O)c2ccc(C(=O)O[C@@H](C)C(=O)NCc3cccs3)cc2C1=O. The van der Waals surface area contributed by atoms with Gasteiger partial charge in [-0.05, 0) is 36.6 Å². The summed E-state index contributed by atoms with van der Waals surface area (Å²) in [5.74, 6) is -2.09. The summed E-state index contributed by atoms with van der Waals surface area (Å²) in [6.07, 6.45) is 0.447. The number of hydrogen-bond acceptors (Lipinski definition) is 6. The molecule has 1 aromatic carbocycles. The Hall–Kier alpha value is -3.26. The number of imide groups is 1. The van der Waals surface area contributed by atoms with Crippen LogP contribution in [0.2, 0.25) is 0 Å². The number of ether oxygens (including phenoxy) is 1. The van der Waals surface area contributed by atoms with Crippen molar-refractivity contribution < 1.29 is 23.9 Å². The molecule has 28 heavy (non-hydrogen) atoms. The number of carbonyl (C=O) groups excluding carboxylic acids is 4. The molecule has 0 aliphatic carbocycles. The molecule has 1 N–H and O–H groups in total. The molecule has 0 saturated carbocycles. The largest absolute Gasteiger partial charge is 0.449 e. The van der Waals surface area contributed by atoms with Gasteiger partial charge < -0.3 is 10.1 Å². The van der Waals surface area contributed by atoms with Gasteiger partial charge in [0.15, 0.2) is 6.10 Å². The van der Waals surface area contributed by atoms with Gasteiger partial charge in [-0.15, -0.1) is 17.9 Å². The second-order valence-corrected chi connectivity index (χ2v) is 7.15. The van der Waals surface area contributed by atoms with Crippen molar-refractivity contribution in [2.75, 3.05) is 6.54 Å². The van der Waals surface area contributed by atoms with Gasteiger partial charge in [-0.2, -0.15) is 0 Å². The third-order valence-electron chi connectivity index (χ3n) is 4.19. The smallest absolute Gasteiger partial charge is 0.338 e. The Morgan fingerprint density at radius 3 is 2.68 bits per heavy atom. The second kappa shape index (κ2) is 8.18. The van der Waals surface area contributed by atoms with Crippen molar-refractivity contribution in [3.05, 3.63) is 69.9 Å². The van der Waals surface area contributed by atoms with Gasteiger partial charge in [-0.1, -0.05) is 12.1 Å². The van der Waals surface area contributed by atoms with Crippen LogP contribution in [0.4, 0.5) is 0 Å². The molecule has 3 rings (SSSR count). The van der Waals surface area contributed by atoms with Crippen molar-refractivity contribution in [1.29, 1.82) is 0 Å². The topological polar surface area (TPSA) is 92.8 Å². The molecular weight excluding hydrogens is 380 g/mol. The van der Waals surface area contributed by atoms with E-state index in [9.17, 15) is 19.2 Å². The van der Waals surface area contributed by atoms with E-state index in [0.717, 1.165) is 9.78 Å². The van der Waals surface area contributed by atoms with Crippen molar-refractivity contribution >= 4 is 35.0 Å². The summed E-state index contributed by atoms with van der Waals surface area (Å²) in [4.78, 5) is 51.0. The molecular formula is C20H18N2O5S. The van der Waals surface area contributed by atoms with Crippen molar-refractivity contribution in [3.8, 4) is 0 Å². The Balaban J connectivity index is 1.65. The number of amides is 3. The predicted molar refractivity (Wildman–Crippen MR) is 103 cm³/mol. The summed E-state index contributed by atoms with van der Waals surface area (Å²) < 4.78 is 5.19. The Morgan fingerprint density at radius 1 is 1.25 bits per heavy atom. The van der Waals surface area contributed by atoms with Crippen LogP contribution in [0.3, 0.4) is 0 Å². The van der Waals surface area contributed by atoms with Gasteiger partial charge in [0.2, 0.25) is 0 Å². The first-order valence-corrected chi connectivity index (χ1v) is 9.42. The molecule has 0 saturated heterocycles. The first-order valence-electron chi connectivity index (χ1n) is 8.54. The molecule has 3 amide bonds. The highest BCUT2D eigenvalue weighted by atomic mass is 32.1. The standard InChI is InChI=1S/C20H18N2O5S/c1-3-8-22-18(24)15-7-6-13(10-16(15)19(22)25)20(26)27-12(2)17(23)21-11-14-5-4-9-28-14/h3-7,9-10,12H,1,8,11H2,2H3,(H,21,23)/t12-/m0/s1. The van der Waals surface area contributed by atoms with Gasteiger partial charge in [-0.25, -0.2) is 4.79 Å². The molecule has 144 valence electrons. The molecule has 0 unspecified atom stereocenters. The first kappa shape index (κ1) is 19.5. The Labute approximate surface area is 165 Å². The van der Waals surface area contributed by atoms with E-state index in [0.29, 0.717) is 6.54 Å². The Kier molecular flexibility index (Phi) is 5.70. The number of nitrogens with one attached hydrogen (secondary N) is 1. The van der Waals surface area contributed by atoms with Crippen LogP contribution < -0.4 is 5.32 Å². The highest BCUT2D eigenvalue weighted by Gasteiger charge is 2.35. The molecule has 1 atom stereocenters. The van der Waals surface area contributed by atoms with Crippen LogP contribution in [0.5, 0.6) is 0 Å². The van der Waals surface area contributed by atoms with Crippen molar-refractivity contribution in [1.82, 2.24) is 10.2 Å². The minimum atomic E-state index is -1.00. The lowest BCUT2D eigenvalue weighted by atomic mass is 10.1. The van der Waals surface area contributed by atoms with Crippen LogP contribution in [0.25, 0.3) is 0 Å². The van der Waals surface area contributed by atoms with E-state index in [4.69, 9.17) is 4.74 Å². The molecule has 7 nitrogen and oxygen atoms in total. The molecule has 0 spiro atoms. The minimum Gasteiger partial charge on any atom is -0.449 e. The molecule has 8 heteroatoms. The number of benzene rings is 1. The number of carbonyl (C=O) groups is 4. The lowest BCUT2D eigenvalue weighted by molar-refractivity contribution is -0.129. The second-order valence-electron chi connectivity index (χ2n) is 6.11. The maximum atomic E-state index is 12.4. The minimum absolute atomic E-state index is 0.0908. The highest BCUT2D eigenvalue weighted by molar-refractivity contribution is 7.09. The first-order chi connectivity index (χ1) is 13.4. The summed E-state index contributed by atoms with van der Waals surface area (Å²) in [5, 5.41) is 4.60. The third kappa shape index (κ3) is 3.86. The van der Waals surface area contributed by atoms with Crippen LogP contribution in [0, 0.1) is 0 Å². The van der Waals surface area contributed by atoms with Gasteiger partial charge in [0.25, 0.3) is 17.7 Å². The fourth-order valence-corrected chi connectivity index (χ4v) is 3.37. The fraction of sp³-hybridized carbons (Fsp3) is 0.200. The van der Waals surface area contributed by atoms with Crippen LogP contribution in [-0.4, -0.2) is 41.2 Å². The maximum absolute atomic E-state index is 12.4. The van der Waals surface area contributed by atoms with Crippen LogP contribution >= 0.6 is 11.3 Å². The number of thiophene rings is 1. The number of rotatable bonds is 7.